The number of aromatic nitrogens is 3. The molecule has 0 aliphatic carbocycles. The van der Waals surface area contributed by atoms with Crippen LogP contribution in [0.25, 0.3) is 0 Å². The summed E-state index contributed by atoms with van der Waals surface area (Å²) in [5.74, 6) is -0.984. The maximum absolute atomic E-state index is 9.99. The van der Waals surface area contributed by atoms with Gasteiger partial charge in [0.15, 0.2) is 0 Å². The topological polar surface area (TPSA) is 78.9 Å². The zero-order chi connectivity index (χ0) is 9.52. The van der Waals surface area contributed by atoms with Crippen LogP contribution in [0, 0.1) is 0 Å². The Balaban J connectivity index is 0.000000145. The van der Waals surface area contributed by atoms with E-state index >= 15 is 0 Å². The molecule has 0 spiro atoms. The Morgan fingerprint density at radius 3 is 2.62 bits per heavy atom. The number of aromatic carboxylic acids is 1. The van der Waals surface area contributed by atoms with Gasteiger partial charge in [-0.1, -0.05) is 0 Å². The average Bonchev–Trinajstić information content (AvgIpc) is 2.82. The quantitative estimate of drug-likeness (QED) is 0.721. The normalized spacial score (nSPS) is 8.62. The molecule has 0 aliphatic heterocycles. The molecular weight excluding hydrogens is 190 g/mol. The fraction of sp³-hybridized carbons (Fsp3) is 0. The molecule has 0 saturated heterocycles. The highest BCUT2D eigenvalue weighted by molar-refractivity contribution is 7.07. The first-order chi connectivity index (χ1) is 6.30. The molecule has 2 N–H and O–H groups in total. The molecular formula is C7H7N3O2S. The maximum Gasteiger partial charge on any atom is 0.353 e. The molecule has 0 aliphatic rings. The second kappa shape index (κ2) is 5.04. The van der Waals surface area contributed by atoms with Crippen LogP contribution in [0.3, 0.4) is 0 Å². The molecule has 13 heavy (non-hydrogen) atoms. The third-order valence-corrected chi connectivity index (χ3v) is 1.60. The van der Waals surface area contributed by atoms with E-state index in [1.54, 1.807) is 23.0 Å². The van der Waals surface area contributed by atoms with Gasteiger partial charge in [-0.05, 0) is 6.07 Å². The number of hydrogen-bond acceptors (Lipinski definition) is 4. The van der Waals surface area contributed by atoms with Crippen molar-refractivity contribution in [2.24, 2.45) is 0 Å². The second-order valence-electron chi connectivity index (χ2n) is 1.95. The van der Waals surface area contributed by atoms with Crippen molar-refractivity contribution in [3.05, 3.63) is 35.0 Å². The first-order valence-corrected chi connectivity index (χ1v) is 4.30. The lowest BCUT2D eigenvalue weighted by molar-refractivity contribution is 0.0690. The molecule has 6 heteroatoms. The van der Waals surface area contributed by atoms with Crippen molar-refractivity contribution in [2.45, 2.75) is 0 Å². The van der Waals surface area contributed by atoms with Crippen molar-refractivity contribution in [1.82, 2.24) is 15.2 Å². The number of thiazole rings is 1. The van der Waals surface area contributed by atoms with Crippen molar-refractivity contribution < 1.29 is 9.90 Å². The maximum atomic E-state index is 9.99. The van der Waals surface area contributed by atoms with Crippen LogP contribution in [0.4, 0.5) is 0 Å². The molecule has 2 heterocycles. The Morgan fingerprint density at radius 2 is 2.38 bits per heavy atom. The highest BCUT2D eigenvalue weighted by atomic mass is 32.1. The van der Waals surface area contributed by atoms with Crippen LogP contribution in [-0.4, -0.2) is 26.3 Å². The Labute approximate surface area is 78.1 Å². The van der Waals surface area contributed by atoms with E-state index in [9.17, 15) is 4.79 Å². The highest BCUT2D eigenvalue weighted by Crippen LogP contribution is 1.88. The van der Waals surface area contributed by atoms with Crippen molar-refractivity contribution in [3.8, 4) is 0 Å². The second-order valence-corrected chi connectivity index (χ2v) is 2.71. The number of aromatic amines is 1. The molecule has 0 aromatic carbocycles. The fourth-order valence-electron chi connectivity index (χ4n) is 0.551. The fourth-order valence-corrected chi connectivity index (χ4v) is 0.902. The van der Waals surface area contributed by atoms with E-state index in [1.807, 2.05) is 5.38 Å². The average molecular weight is 197 g/mol. The smallest absolute Gasteiger partial charge is 0.353 e. The summed E-state index contributed by atoms with van der Waals surface area (Å²) in [5, 5.41) is 15.9. The summed E-state index contributed by atoms with van der Waals surface area (Å²) >= 11 is 1.60. The van der Waals surface area contributed by atoms with Crippen LogP contribution in [0.5, 0.6) is 0 Å². The summed E-state index contributed by atoms with van der Waals surface area (Å²) in [4.78, 5) is 13.7. The number of hydrogen-bond donors (Lipinski definition) is 2. The van der Waals surface area contributed by atoms with Gasteiger partial charge in [0.25, 0.3) is 0 Å². The van der Waals surface area contributed by atoms with Crippen LogP contribution in [0.1, 0.15) is 10.5 Å². The van der Waals surface area contributed by atoms with Crippen LogP contribution >= 0.6 is 11.3 Å². The molecule has 0 bridgehead atoms. The number of carbonyl (C=O) groups is 1. The lowest BCUT2D eigenvalue weighted by Crippen LogP contribution is -1.95. The van der Waals surface area contributed by atoms with Gasteiger partial charge in [0.2, 0.25) is 0 Å². The van der Waals surface area contributed by atoms with Gasteiger partial charge < -0.3 is 5.11 Å². The minimum Gasteiger partial charge on any atom is -0.477 e. The minimum atomic E-state index is -0.984. The zero-order valence-electron chi connectivity index (χ0n) is 6.54. The molecule has 0 radical (unpaired) electrons. The van der Waals surface area contributed by atoms with Gasteiger partial charge in [0, 0.05) is 17.8 Å². The van der Waals surface area contributed by atoms with Gasteiger partial charge in [-0.3, -0.25) is 10.1 Å². The predicted octanol–water partition coefficient (Wildman–Crippen LogP) is 1.25. The third-order valence-electron chi connectivity index (χ3n) is 1.08. The van der Waals surface area contributed by atoms with Crippen LogP contribution < -0.4 is 0 Å². The van der Waals surface area contributed by atoms with Gasteiger partial charge >= 0.3 is 5.97 Å². The van der Waals surface area contributed by atoms with Crippen LogP contribution in [0.15, 0.2) is 29.4 Å². The SMILES string of the molecule is O=C(O)c1ccn[nH]1.c1cscn1. The van der Waals surface area contributed by atoms with E-state index < -0.39 is 5.97 Å². The molecule has 5 nitrogen and oxygen atoms in total. The Hall–Kier alpha value is -1.69. The Morgan fingerprint density at radius 1 is 1.54 bits per heavy atom. The minimum absolute atomic E-state index is 0.116. The molecule has 0 fully saturated rings. The van der Waals surface area contributed by atoms with Crippen molar-refractivity contribution in [2.75, 3.05) is 0 Å². The molecule has 0 atom stereocenters. The van der Waals surface area contributed by atoms with E-state index in [0.717, 1.165) is 0 Å². The summed E-state index contributed by atoms with van der Waals surface area (Å²) in [6.45, 7) is 0. The van der Waals surface area contributed by atoms with E-state index in [2.05, 4.69) is 15.2 Å². The summed E-state index contributed by atoms with van der Waals surface area (Å²) < 4.78 is 0. The Kier molecular flexibility index (Phi) is 3.65. The number of rotatable bonds is 1. The molecule has 2 aromatic rings. The van der Waals surface area contributed by atoms with E-state index in [-0.39, 0.29) is 5.69 Å². The van der Waals surface area contributed by atoms with E-state index in [1.165, 1.54) is 12.3 Å². The van der Waals surface area contributed by atoms with Crippen LogP contribution in [-0.2, 0) is 0 Å². The molecule has 0 saturated carbocycles. The molecule has 2 rings (SSSR count). The van der Waals surface area contributed by atoms with E-state index in [4.69, 9.17) is 5.11 Å². The third kappa shape index (κ3) is 3.48. The number of H-pyrrole nitrogens is 1. The van der Waals surface area contributed by atoms with Gasteiger partial charge in [-0.15, -0.1) is 11.3 Å². The van der Waals surface area contributed by atoms with Gasteiger partial charge in [-0.2, -0.15) is 5.10 Å². The van der Waals surface area contributed by atoms with Crippen molar-refractivity contribution in [3.63, 3.8) is 0 Å². The molecule has 0 unspecified atom stereocenters. The van der Waals surface area contributed by atoms with Crippen LogP contribution in [0.2, 0.25) is 0 Å². The van der Waals surface area contributed by atoms with Gasteiger partial charge in [-0.25, -0.2) is 4.79 Å². The van der Waals surface area contributed by atoms with Crippen molar-refractivity contribution >= 4 is 17.3 Å². The largest absolute Gasteiger partial charge is 0.477 e. The monoisotopic (exact) mass is 197 g/mol. The molecule has 2 aromatic heterocycles. The van der Waals surface area contributed by atoms with Crippen molar-refractivity contribution in [1.29, 1.82) is 0 Å². The standard InChI is InChI=1S/C4H4N2O2.C3H3NS/c7-4(8)3-1-2-5-6-3;1-2-5-3-4-1/h1-2H,(H,5,6)(H,7,8);1-3H. The number of nitrogens with zero attached hydrogens (tertiary/aromatic N) is 2. The number of carboxylic acid groups (broad SMARTS) is 1. The lowest BCUT2D eigenvalue weighted by Gasteiger charge is -1.79. The van der Waals surface area contributed by atoms with E-state index in [0.29, 0.717) is 0 Å². The van der Waals surface area contributed by atoms with Gasteiger partial charge in [0.05, 0.1) is 5.51 Å². The number of carboxylic acids is 1. The first-order valence-electron chi connectivity index (χ1n) is 3.35. The predicted molar refractivity (Wildman–Crippen MR) is 47.7 cm³/mol. The molecule has 68 valence electrons. The first kappa shape index (κ1) is 9.40. The van der Waals surface area contributed by atoms with Gasteiger partial charge in [0.1, 0.15) is 5.69 Å². The lowest BCUT2D eigenvalue weighted by atomic mass is 10.5. The summed E-state index contributed by atoms with van der Waals surface area (Å²) in [6, 6.07) is 1.39. The highest BCUT2D eigenvalue weighted by Gasteiger charge is 1.99. The zero-order valence-corrected chi connectivity index (χ0v) is 7.36. The summed E-state index contributed by atoms with van der Waals surface area (Å²) in [6.07, 6.45) is 3.16. The summed E-state index contributed by atoms with van der Waals surface area (Å²) in [7, 11) is 0. The summed E-state index contributed by atoms with van der Waals surface area (Å²) in [5.41, 5.74) is 1.91. The number of nitrogens with one attached hydrogen (secondary N) is 1. The Bertz CT molecular complexity index is 313. The molecule has 0 amide bonds.